The number of carboxylic acid groups (broad SMARTS) is 1. The summed E-state index contributed by atoms with van der Waals surface area (Å²) in [5.41, 5.74) is 0.186. The van der Waals surface area contributed by atoms with E-state index >= 15 is 0 Å². The van der Waals surface area contributed by atoms with Crippen LogP contribution < -0.4 is 5.32 Å². The Morgan fingerprint density at radius 3 is 2.39 bits per heavy atom. The van der Waals surface area contributed by atoms with Gasteiger partial charge in [0.15, 0.2) is 0 Å². The number of rotatable bonds is 7. The van der Waals surface area contributed by atoms with Crippen LogP contribution in [0, 0.1) is 0 Å². The Labute approximate surface area is 189 Å². The predicted octanol–water partition coefficient (Wildman–Crippen LogP) is 2.24. The molecule has 1 unspecified atom stereocenters. The number of nitrogens with zero attached hydrogens (tertiary/aromatic N) is 1. The summed E-state index contributed by atoms with van der Waals surface area (Å²) >= 11 is 4.27. The van der Waals surface area contributed by atoms with Gasteiger partial charge in [-0.1, -0.05) is 12.1 Å². The molecule has 4 heterocycles. The minimum Gasteiger partial charge on any atom is -0.477 e. The topological polar surface area (TPSA) is 113 Å². The maximum Gasteiger partial charge on any atom is 0.352 e. The lowest BCUT2D eigenvalue weighted by Crippen LogP contribution is -2.71. The molecule has 0 radical (unpaired) electrons. The average Bonchev–Trinajstić information content (AvgIpc) is 3.44. The average molecular weight is 479 g/mol. The molecule has 162 valence electrons. The minimum absolute atomic E-state index is 0.173. The highest BCUT2D eigenvalue weighted by molar-refractivity contribution is 8.00. The Morgan fingerprint density at radius 2 is 1.87 bits per heavy atom. The van der Waals surface area contributed by atoms with Crippen molar-refractivity contribution in [1.82, 2.24) is 10.2 Å². The van der Waals surface area contributed by atoms with Gasteiger partial charge in [-0.2, -0.15) is 0 Å². The van der Waals surface area contributed by atoms with Gasteiger partial charge in [-0.25, -0.2) is 4.79 Å². The standard InChI is InChI=1S/C20H18N2O6S3/c1-10(23)28-8-11-9-31-19-15(18(25)22(19)16(11)20(26)27)21-17(24)14(12-4-2-6-29-12)13-5-3-7-30-13/h2-7,14-15,19H,8-9H2,1H3,(H,21,24)(H,26,27)/t15?,19-/m1/s1. The lowest BCUT2D eigenvalue weighted by molar-refractivity contribution is -0.151. The molecule has 0 saturated carbocycles. The van der Waals surface area contributed by atoms with Crippen LogP contribution in [0.5, 0.6) is 0 Å². The van der Waals surface area contributed by atoms with Gasteiger partial charge >= 0.3 is 11.9 Å². The SMILES string of the molecule is CC(=O)OCC1=C(C(=O)O)N2C(=O)C(NC(=O)C(c3cccs3)c3cccs3)[C@H]2SC1. The molecule has 2 amide bonds. The predicted molar refractivity (Wildman–Crippen MR) is 117 cm³/mol. The summed E-state index contributed by atoms with van der Waals surface area (Å²) in [4.78, 5) is 51.8. The van der Waals surface area contributed by atoms with E-state index in [1.165, 1.54) is 46.3 Å². The minimum atomic E-state index is -1.26. The van der Waals surface area contributed by atoms with Gasteiger partial charge in [-0.05, 0) is 22.9 Å². The molecule has 2 aromatic heterocycles. The number of β-lactam (4-membered cyclic amide) rings is 1. The number of fused-ring (bicyclic) bond motifs is 1. The highest BCUT2D eigenvalue weighted by Gasteiger charge is 2.54. The highest BCUT2D eigenvalue weighted by Crippen LogP contribution is 2.41. The van der Waals surface area contributed by atoms with Crippen molar-refractivity contribution >= 4 is 58.2 Å². The number of carboxylic acids is 1. The van der Waals surface area contributed by atoms with Crippen LogP contribution in [-0.2, 0) is 23.9 Å². The fourth-order valence-corrected chi connectivity index (χ4v) is 6.61. The fraction of sp³-hybridized carbons (Fsp3) is 0.300. The monoisotopic (exact) mass is 478 g/mol. The molecule has 1 fully saturated rings. The Kier molecular flexibility index (Phi) is 6.17. The molecule has 2 atom stereocenters. The van der Waals surface area contributed by atoms with Crippen molar-refractivity contribution < 1.29 is 29.0 Å². The van der Waals surface area contributed by atoms with E-state index < -0.39 is 35.2 Å². The Hall–Kier alpha value is -2.63. The second-order valence-electron chi connectivity index (χ2n) is 6.90. The quantitative estimate of drug-likeness (QED) is 0.464. The van der Waals surface area contributed by atoms with Crippen LogP contribution in [0.15, 0.2) is 46.3 Å². The molecular weight excluding hydrogens is 460 g/mol. The summed E-state index contributed by atoms with van der Waals surface area (Å²) in [6.07, 6.45) is 0. The summed E-state index contributed by atoms with van der Waals surface area (Å²) in [6.45, 7) is 1.05. The third-order valence-electron chi connectivity index (χ3n) is 4.91. The van der Waals surface area contributed by atoms with Crippen LogP contribution in [0.1, 0.15) is 22.6 Å². The first-order valence-electron chi connectivity index (χ1n) is 9.29. The number of hydrogen-bond donors (Lipinski definition) is 2. The van der Waals surface area contributed by atoms with E-state index in [1.807, 2.05) is 35.0 Å². The number of carbonyl (C=O) groups excluding carboxylic acids is 3. The van der Waals surface area contributed by atoms with E-state index in [1.54, 1.807) is 0 Å². The van der Waals surface area contributed by atoms with Crippen molar-refractivity contribution in [3.05, 3.63) is 56.1 Å². The summed E-state index contributed by atoms with van der Waals surface area (Å²) in [7, 11) is 0. The lowest BCUT2D eigenvalue weighted by Gasteiger charge is -2.49. The molecule has 8 nitrogen and oxygen atoms in total. The maximum atomic E-state index is 13.2. The summed E-state index contributed by atoms with van der Waals surface area (Å²) in [5, 5.41) is 15.7. The van der Waals surface area contributed by atoms with Crippen molar-refractivity contribution in [2.75, 3.05) is 12.4 Å². The molecule has 11 heteroatoms. The Bertz CT molecular complexity index is 1010. The molecule has 0 bridgehead atoms. The van der Waals surface area contributed by atoms with Crippen LogP contribution in [0.4, 0.5) is 0 Å². The molecule has 0 spiro atoms. The van der Waals surface area contributed by atoms with Crippen molar-refractivity contribution in [3.8, 4) is 0 Å². The van der Waals surface area contributed by atoms with Gasteiger partial charge in [0.2, 0.25) is 5.91 Å². The van der Waals surface area contributed by atoms with Crippen LogP contribution in [0.3, 0.4) is 0 Å². The van der Waals surface area contributed by atoms with E-state index in [2.05, 4.69) is 5.32 Å². The molecule has 0 aromatic carbocycles. The van der Waals surface area contributed by atoms with E-state index in [0.717, 1.165) is 9.75 Å². The molecule has 2 aliphatic rings. The first-order chi connectivity index (χ1) is 14.9. The molecule has 0 aliphatic carbocycles. The van der Waals surface area contributed by atoms with Gasteiger partial charge in [0.25, 0.3) is 5.91 Å². The molecular formula is C20H18N2O6S3. The Balaban J connectivity index is 1.53. The van der Waals surface area contributed by atoms with Gasteiger partial charge in [0.05, 0.1) is 0 Å². The number of thiophene rings is 2. The maximum absolute atomic E-state index is 13.2. The largest absolute Gasteiger partial charge is 0.477 e. The van der Waals surface area contributed by atoms with E-state index in [-0.39, 0.29) is 24.0 Å². The molecule has 4 rings (SSSR count). The molecule has 2 aliphatic heterocycles. The van der Waals surface area contributed by atoms with Crippen molar-refractivity contribution in [2.45, 2.75) is 24.3 Å². The molecule has 2 N–H and O–H groups in total. The summed E-state index contributed by atoms with van der Waals surface area (Å²) < 4.78 is 4.93. The van der Waals surface area contributed by atoms with Crippen LogP contribution >= 0.6 is 34.4 Å². The first-order valence-corrected chi connectivity index (χ1v) is 12.1. The summed E-state index contributed by atoms with van der Waals surface area (Å²) in [6, 6.07) is 6.69. The number of carbonyl (C=O) groups is 4. The van der Waals surface area contributed by atoms with Crippen molar-refractivity contribution in [1.29, 1.82) is 0 Å². The number of hydrogen-bond acceptors (Lipinski definition) is 8. The van der Waals surface area contributed by atoms with Crippen LogP contribution in [-0.4, -0.2) is 57.5 Å². The number of aliphatic carboxylic acids is 1. The van der Waals surface area contributed by atoms with Gasteiger partial charge in [-0.3, -0.25) is 19.3 Å². The van der Waals surface area contributed by atoms with Crippen LogP contribution in [0.2, 0.25) is 0 Å². The van der Waals surface area contributed by atoms with Gasteiger partial charge in [0.1, 0.15) is 29.6 Å². The second kappa shape index (κ2) is 8.85. The zero-order valence-electron chi connectivity index (χ0n) is 16.3. The molecule has 31 heavy (non-hydrogen) atoms. The van der Waals surface area contributed by atoms with E-state index in [9.17, 15) is 24.3 Å². The number of esters is 1. The van der Waals surface area contributed by atoms with Gasteiger partial charge < -0.3 is 15.2 Å². The molecule has 2 aromatic rings. The van der Waals surface area contributed by atoms with E-state index in [0.29, 0.717) is 5.57 Å². The lowest BCUT2D eigenvalue weighted by atomic mass is 10.00. The summed E-state index contributed by atoms with van der Waals surface area (Å²) in [5.74, 6) is -2.81. The second-order valence-corrected chi connectivity index (χ2v) is 9.96. The number of amides is 2. The number of thioether (sulfide) groups is 1. The first kappa shape index (κ1) is 21.6. The normalized spacial score (nSPS) is 20.3. The smallest absolute Gasteiger partial charge is 0.352 e. The highest BCUT2D eigenvalue weighted by atomic mass is 32.2. The van der Waals surface area contributed by atoms with Crippen molar-refractivity contribution in [2.24, 2.45) is 0 Å². The van der Waals surface area contributed by atoms with E-state index in [4.69, 9.17) is 4.74 Å². The fourth-order valence-electron chi connectivity index (χ4n) is 3.53. The Morgan fingerprint density at radius 1 is 1.23 bits per heavy atom. The van der Waals surface area contributed by atoms with Gasteiger partial charge in [0, 0.05) is 28.0 Å². The van der Waals surface area contributed by atoms with Crippen LogP contribution in [0.25, 0.3) is 0 Å². The number of ether oxygens (including phenoxy) is 1. The van der Waals surface area contributed by atoms with Gasteiger partial charge in [-0.15, -0.1) is 34.4 Å². The third-order valence-corrected chi connectivity index (χ3v) is 8.13. The third kappa shape index (κ3) is 4.12. The zero-order valence-corrected chi connectivity index (χ0v) is 18.7. The zero-order chi connectivity index (χ0) is 22.1. The number of nitrogens with one attached hydrogen (secondary N) is 1. The molecule has 1 saturated heterocycles. The van der Waals surface area contributed by atoms with Crippen molar-refractivity contribution in [3.63, 3.8) is 0 Å².